The molecule has 0 spiro atoms. The average molecular weight is 327 g/mol. The van der Waals surface area contributed by atoms with Crippen LogP contribution in [0, 0.1) is 5.41 Å². The van der Waals surface area contributed by atoms with Gasteiger partial charge in [0.05, 0.1) is 0 Å². The van der Waals surface area contributed by atoms with E-state index in [9.17, 15) is 4.79 Å². The first kappa shape index (κ1) is 21.9. The molecule has 0 fully saturated rings. The lowest BCUT2D eigenvalue weighted by Gasteiger charge is -2.03. The van der Waals surface area contributed by atoms with Gasteiger partial charge in [-0.1, -0.05) is 96.8 Å². The molecule has 0 saturated heterocycles. The maximum Gasteiger partial charge on any atom is 0.313 e. The van der Waals surface area contributed by atoms with Crippen LogP contribution in [0.3, 0.4) is 0 Å². The first-order chi connectivity index (χ1) is 11.2. The van der Waals surface area contributed by atoms with Crippen LogP contribution >= 0.6 is 0 Å². The van der Waals surface area contributed by atoms with Gasteiger partial charge < -0.3 is 10.5 Å². The summed E-state index contributed by atoms with van der Waals surface area (Å²) >= 11 is 0. The second kappa shape index (κ2) is 17.3. The maximum atomic E-state index is 11.1. The minimum atomic E-state index is -0.504. The van der Waals surface area contributed by atoms with Crippen LogP contribution in [-0.2, 0) is 9.53 Å². The SMILES string of the molecule is CCCCCCCCCCCCCCCCCC(=O)OC(=N)N. The molecule has 0 saturated carbocycles. The van der Waals surface area contributed by atoms with Crippen LogP contribution in [0.25, 0.3) is 0 Å². The van der Waals surface area contributed by atoms with Crippen LogP contribution in [0.1, 0.15) is 110 Å². The lowest BCUT2D eigenvalue weighted by atomic mass is 10.0. The summed E-state index contributed by atoms with van der Waals surface area (Å²) in [4.78, 5) is 11.1. The highest BCUT2D eigenvalue weighted by Crippen LogP contribution is 2.13. The first-order valence-corrected chi connectivity index (χ1v) is 9.71. The third-order valence-corrected chi connectivity index (χ3v) is 4.21. The predicted octanol–water partition coefficient (Wildman–Crippen LogP) is 5.68. The van der Waals surface area contributed by atoms with Crippen LogP contribution in [-0.4, -0.2) is 12.0 Å². The Morgan fingerprint density at radius 1 is 0.739 bits per heavy atom. The number of amidine groups is 1. The summed E-state index contributed by atoms with van der Waals surface area (Å²) < 4.78 is 4.49. The zero-order chi connectivity index (χ0) is 17.2. The molecule has 0 aromatic carbocycles. The van der Waals surface area contributed by atoms with Crippen LogP contribution in [0.4, 0.5) is 0 Å². The van der Waals surface area contributed by atoms with E-state index in [1.165, 1.54) is 83.5 Å². The van der Waals surface area contributed by atoms with Gasteiger partial charge in [-0.05, 0) is 6.42 Å². The summed E-state index contributed by atoms with van der Waals surface area (Å²) in [6.07, 6.45) is 20.0. The molecule has 4 heteroatoms. The van der Waals surface area contributed by atoms with Crippen LogP contribution < -0.4 is 5.73 Å². The molecule has 4 nitrogen and oxygen atoms in total. The van der Waals surface area contributed by atoms with Crippen molar-refractivity contribution >= 4 is 12.0 Å². The smallest absolute Gasteiger partial charge is 0.313 e. The predicted molar refractivity (Wildman–Crippen MR) is 97.6 cm³/mol. The first-order valence-electron chi connectivity index (χ1n) is 9.71. The number of carbonyl (C=O) groups excluding carboxylic acids is 1. The maximum absolute atomic E-state index is 11.1. The second-order valence-electron chi connectivity index (χ2n) is 6.54. The van der Waals surface area contributed by atoms with E-state index in [1.54, 1.807) is 0 Å². The van der Waals surface area contributed by atoms with Gasteiger partial charge in [-0.25, -0.2) is 0 Å². The number of esters is 1. The number of carbonyl (C=O) groups is 1. The average Bonchev–Trinajstić information content (AvgIpc) is 2.50. The third-order valence-electron chi connectivity index (χ3n) is 4.21. The van der Waals surface area contributed by atoms with Crippen molar-refractivity contribution in [1.82, 2.24) is 0 Å². The van der Waals surface area contributed by atoms with E-state index in [0.29, 0.717) is 6.42 Å². The lowest BCUT2D eigenvalue weighted by molar-refractivity contribution is -0.135. The number of hydrogen-bond acceptors (Lipinski definition) is 3. The zero-order valence-corrected chi connectivity index (χ0v) is 15.2. The molecule has 0 aromatic heterocycles. The van der Waals surface area contributed by atoms with Crippen molar-refractivity contribution in [3.8, 4) is 0 Å². The summed E-state index contributed by atoms with van der Waals surface area (Å²) in [5.74, 6) is -0.382. The van der Waals surface area contributed by atoms with Crippen LogP contribution in [0.2, 0.25) is 0 Å². The van der Waals surface area contributed by atoms with E-state index < -0.39 is 6.02 Å². The van der Waals surface area contributed by atoms with Gasteiger partial charge in [0.15, 0.2) is 0 Å². The molecule has 23 heavy (non-hydrogen) atoms. The fraction of sp³-hybridized carbons (Fsp3) is 0.895. The minimum Gasteiger partial charge on any atom is -0.393 e. The highest BCUT2D eigenvalue weighted by atomic mass is 16.5. The molecule has 0 heterocycles. The van der Waals surface area contributed by atoms with E-state index >= 15 is 0 Å². The largest absolute Gasteiger partial charge is 0.393 e. The van der Waals surface area contributed by atoms with Crippen molar-refractivity contribution in [3.63, 3.8) is 0 Å². The molecule has 0 aliphatic rings. The Kier molecular flexibility index (Phi) is 16.5. The lowest BCUT2D eigenvalue weighted by Crippen LogP contribution is -2.18. The molecule has 136 valence electrons. The van der Waals surface area contributed by atoms with Gasteiger partial charge in [-0.2, -0.15) is 0 Å². The summed E-state index contributed by atoms with van der Waals surface area (Å²) in [5, 5.41) is 6.85. The molecule has 0 aliphatic heterocycles. The molecular formula is C19H38N2O2. The van der Waals surface area contributed by atoms with Crippen molar-refractivity contribution in [2.45, 2.75) is 110 Å². The number of unbranched alkanes of at least 4 members (excludes halogenated alkanes) is 14. The van der Waals surface area contributed by atoms with Crippen LogP contribution in [0.5, 0.6) is 0 Å². The van der Waals surface area contributed by atoms with Gasteiger partial charge in [-0.3, -0.25) is 10.2 Å². The highest BCUT2D eigenvalue weighted by molar-refractivity contribution is 5.84. The van der Waals surface area contributed by atoms with Gasteiger partial charge in [-0.15, -0.1) is 0 Å². The Balaban J connectivity index is 3.08. The van der Waals surface area contributed by atoms with E-state index in [2.05, 4.69) is 11.7 Å². The summed E-state index contributed by atoms with van der Waals surface area (Å²) in [6, 6.07) is -0.504. The van der Waals surface area contributed by atoms with Gasteiger partial charge in [0.1, 0.15) is 0 Å². The molecule has 0 aliphatic carbocycles. The van der Waals surface area contributed by atoms with Crippen molar-refractivity contribution in [3.05, 3.63) is 0 Å². The Labute approximate surface area is 143 Å². The number of ether oxygens (including phenoxy) is 1. The van der Waals surface area contributed by atoms with E-state index in [-0.39, 0.29) is 5.97 Å². The topological polar surface area (TPSA) is 76.2 Å². The van der Waals surface area contributed by atoms with E-state index in [1.807, 2.05) is 0 Å². The minimum absolute atomic E-state index is 0.373. The second-order valence-corrected chi connectivity index (χ2v) is 6.54. The standard InChI is InChI=1S/C19H38N2O2/c1-2-3-4-5-6-7-8-9-10-11-12-13-14-15-16-17-18(22)23-19(20)21/h2-17H2,1H3,(H3,20,21). The van der Waals surface area contributed by atoms with E-state index in [0.717, 1.165) is 12.8 Å². The fourth-order valence-electron chi connectivity index (χ4n) is 2.81. The summed E-state index contributed by atoms with van der Waals surface area (Å²) in [6.45, 7) is 2.27. The van der Waals surface area contributed by atoms with Crippen molar-refractivity contribution in [1.29, 1.82) is 5.41 Å². The number of hydrogen-bond donors (Lipinski definition) is 2. The van der Waals surface area contributed by atoms with Gasteiger partial charge >= 0.3 is 5.97 Å². The molecule has 0 rings (SSSR count). The number of nitrogens with two attached hydrogens (primary N) is 1. The molecule has 0 unspecified atom stereocenters. The van der Waals surface area contributed by atoms with Gasteiger partial charge in [0, 0.05) is 6.42 Å². The Hall–Kier alpha value is -1.06. The molecule has 0 bridgehead atoms. The fourth-order valence-corrected chi connectivity index (χ4v) is 2.81. The molecule has 0 radical (unpaired) electrons. The monoisotopic (exact) mass is 326 g/mol. The number of nitrogens with one attached hydrogen (secondary N) is 1. The summed E-state index contributed by atoms with van der Waals surface area (Å²) in [7, 11) is 0. The molecular weight excluding hydrogens is 288 g/mol. The Morgan fingerprint density at radius 2 is 1.09 bits per heavy atom. The molecule has 0 atom stereocenters. The quantitative estimate of drug-likeness (QED) is 0.166. The van der Waals surface area contributed by atoms with Crippen LogP contribution in [0.15, 0.2) is 0 Å². The van der Waals surface area contributed by atoms with Crippen molar-refractivity contribution in [2.75, 3.05) is 0 Å². The Bertz CT molecular complexity index is 293. The zero-order valence-electron chi connectivity index (χ0n) is 15.2. The molecule has 0 amide bonds. The molecule has 0 aromatic rings. The van der Waals surface area contributed by atoms with Crippen molar-refractivity contribution in [2.24, 2.45) is 5.73 Å². The van der Waals surface area contributed by atoms with Gasteiger partial charge in [0.25, 0.3) is 6.02 Å². The highest BCUT2D eigenvalue weighted by Gasteiger charge is 2.03. The number of rotatable bonds is 16. The Morgan fingerprint density at radius 3 is 1.43 bits per heavy atom. The van der Waals surface area contributed by atoms with E-state index in [4.69, 9.17) is 11.1 Å². The van der Waals surface area contributed by atoms with Crippen molar-refractivity contribution < 1.29 is 9.53 Å². The van der Waals surface area contributed by atoms with Gasteiger partial charge in [0.2, 0.25) is 0 Å². The summed E-state index contributed by atoms with van der Waals surface area (Å²) in [5.41, 5.74) is 4.99. The molecule has 3 N–H and O–H groups in total. The third kappa shape index (κ3) is 18.9. The normalized spacial score (nSPS) is 10.7.